The minimum Gasteiger partial charge on any atom is -0.497 e. The van der Waals surface area contributed by atoms with Gasteiger partial charge in [0.2, 0.25) is 10.0 Å². The second kappa shape index (κ2) is 8.48. The number of nitrogens with one attached hydrogen (secondary N) is 1. The Hall–Kier alpha value is -2.16. The molecule has 1 saturated heterocycles. The van der Waals surface area contributed by atoms with Crippen molar-refractivity contribution in [1.82, 2.24) is 9.29 Å². The lowest BCUT2D eigenvalue weighted by Gasteiger charge is -2.25. The van der Waals surface area contributed by atoms with E-state index in [1.54, 1.807) is 19.2 Å². The molecule has 1 fully saturated rings. The zero-order valence-corrected chi connectivity index (χ0v) is 15.5. The molecule has 1 aromatic heterocycles. The first-order valence-electron chi connectivity index (χ1n) is 8.50. The molecule has 1 aliphatic rings. The number of sulfonamides is 1. The van der Waals surface area contributed by atoms with Crippen molar-refractivity contribution in [3.05, 3.63) is 48.2 Å². The predicted molar refractivity (Wildman–Crippen MR) is 99.0 cm³/mol. The van der Waals surface area contributed by atoms with Gasteiger partial charge in [0.25, 0.3) is 0 Å². The van der Waals surface area contributed by atoms with Gasteiger partial charge in [-0.3, -0.25) is 0 Å². The number of nitrogens with zero attached hydrogens (tertiary/aromatic N) is 2. The first-order chi connectivity index (χ1) is 12.6. The summed E-state index contributed by atoms with van der Waals surface area (Å²) in [5.41, 5.74) is 1.19. The number of rotatable bonds is 7. The average molecular weight is 377 g/mol. The molecule has 0 aliphatic carbocycles. The summed E-state index contributed by atoms with van der Waals surface area (Å²) in [5.74, 6) is 1.49. The maximum absolute atomic E-state index is 12.5. The van der Waals surface area contributed by atoms with E-state index in [9.17, 15) is 8.42 Å². The molecule has 0 saturated carbocycles. The molecule has 1 N–H and O–H groups in total. The van der Waals surface area contributed by atoms with Gasteiger partial charge in [0.15, 0.2) is 0 Å². The van der Waals surface area contributed by atoms with Crippen molar-refractivity contribution in [2.75, 3.05) is 45.3 Å². The molecule has 0 spiro atoms. The lowest BCUT2D eigenvalue weighted by atomic mass is 10.1. The molecule has 8 heteroatoms. The third-order valence-corrected chi connectivity index (χ3v) is 6.11. The number of hydrogen-bond donors (Lipinski definition) is 1. The minimum absolute atomic E-state index is 0.208. The Morgan fingerprint density at radius 2 is 1.88 bits per heavy atom. The molecular weight excluding hydrogens is 354 g/mol. The standard InChI is InChI=1S/C18H23N3O4S/c1-24-16-4-2-15(3-5-16)8-9-19-18-7-6-17(14-20-18)26(22,23)21-10-12-25-13-11-21/h2-7,14H,8-13H2,1H3,(H,19,20). The van der Waals surface area contributed by atoms with Crippen molar-refractivity contribution in [2.45, 2.75) is 11.3 Å². The van der Waals surface area contributed by atoms with E-state index >= 15 is 0 Å². The Kier molecular flexibility index (Phi) is 6.08. The smallest absolute Gasteiger partial charge is 0.244 e. The Morgan fingerprint density at radius 3 is 2.50 bits per heavy atom. The number of methoxy groups -OCH3 is 1. The fourth-order valence-corrected chi connectivity index (χ4v) is 4.05. The molecule has 3 rings (SSSR count). The van der Waals surface area contributed by atoms with E-state index in [2.05, 4.69) is 10.3 Å². The van der Waals surface area contributed by atoms with Crippen LogP contribution in [0.15, 0.2) is 47.5 Å². The van der Waals surface area contributed by atoms with Gasteiger partial charge in [-0.05, 0) is 36.2 Å². The van der Waals surface area contributed by atoms with Crippen LogP contribution in [0.3, 0.4) is 0 Å². The van der Waals surface area contributed by atoms with Gasteiger partial charge in [0.1, 0.15) is 16.5 Å². The van der Waals surface area contributed by atoms with E-state index in [1.165, 1.54) is 16.1 Å². The Morgan fingerprint density at radius 1 is 1.15 bits per heavy atom. The van der Waals surface area contributed by atoms with Crippen molar-refractivity contribution in [3.63, 3.8) is 0 Å². The molecule has 7 nitrogen and oxygen atoms in total. The lowest BCUT2D eigenvalue weighted by molar-refractivity contribution is 0.0730. The maximum atomic E-state index is 12.5. The van der Waals surface area contributed by atoms with E-state index in [4.69, 9.17) is 9.47 Å². The molecule has 1 aliphatic heterocycles. The number of ether oxygens (including phenoxy) is 2. The fraction of sp³-hybridized carbons (Fsp3) is 0.389. The second-order valence-corrected chi connectivity index (χ2v) is 7.86. The summed E-state index contributed by atoms with van der Waals surface area (Å²) in [6, 6.07) is 11.2. The van der Waals surface area contributed by atoms with Crippen LogP contribution < -0.4 is 10.1 Å². The summed E-state index contributed by atoms with van der Waals surface area (Å²) in [6.07, 6.45) is 2.24. The van der Waals surface area contributed by atoms with Gasteiger partial charge in [0.05, 0.1) is 20.3 Å². The predicted octanol–water partition coefficient (Wildman–Crippen LogP) is 1.77. The molecule has 1 aromatic carbocycles. The van der Waals surface area contributed by atoms with Crippen LogP contribution in [0.5, 0.6) is 5.75 Å². The number of morpholine rings is 1. The van der Waals surface area contributed by atoms with Gasteiger partial charge in [-0.1, -0.05) is 12.1 Å². The zero-order valence-electron chi connectivity index (χ0n) is 14.7. The lowest BCUT2D eigenvalue weighted by Crippen LogP contribution is -2.40. The fourth-order valence-electron chi connectivity index (χ4n) is 2.70. The highest BCUT2D eigenvalue weighted by atomic mass is 32.2. The molecule has 0 atom stereocenters. The summed E-state index contributed by atoms with van der Waals surface area (Å²) in [4.78, 5) is 4.44. The van der Waals surface area contributed by atoms with Crippen LogP contribution in [0.2, 0.25) is 0 Å². The van der Waals surface area contributed by atoms with E-state index in [-0.39, 0.29) is 4.90 Å². The van der Waals surface area contributed by atoms with Crippen molar-refractivity contribution in [1.29, 1.82) is 0 Å². The average Bonchev–Trinajstić information content (AvgIpc) is 2.69. The SMILES string of the molecule is COc1ccc(CCNc2ccc(S(=O)(=O)N3CCOCC3)cn2)cc1. The Balaban J connectivity index is 1.55. The number of pyridine rings is 1. The highest BCUT2D eigenvalue weighted by molar-refractivity contribution is 7.89. The van der Waals surface area contributed by atoms with Crippen LogP contribution in [-0.2, 0) is 21.2 Å². The maximum Gasteiger partial charge on any atom is 0.244 e. The molecule has 26 heavy (non-hydrogen) atoms. The molecule has 140 valence electrons. The molecule has 0 bridgehead atoms. The quantitative estimate of drug-likeness (QED) is 0.792. The highest BCUT2D eigenvalue weighted by Gasteiger charge is 2.26. The Bertz CT molecular complexity index is 801. The van der Waals surface area contributed by atoms with Gasteiger partial charge < -0.3 is 14.8 Å². The third kappa shape index (κ3) is 4.51. The van der Waals surface area contributed by atoms with E-state index in [0.29, 0.717) is 38.7 Å². The van der Waals surface area contributed by atoms with Gasteiger partial charge >= 0.3 is 0 Å². The van der Waals surface area contributed by atoms with Gasteiger partial charge in [0, 0.05) is 25.8 Å². The van der Waals surface area contributed by atoms with Crippen molar-refractivity contribution in [2.24, 2.45) is 0 Å². The minimum atomic E-state index is -3.50. The van der Waals surface area contributed by atoms with Crippen molar-refractivity contribution >= 4 is 15.8 Å². The molecule has 0 amide bonds. The molecule has 2 heterocycles. The van der Waals surface area contributed by atoms with Gasteiger partial charge in [-0.15, -0.1) is 0 Å². The first-order valence-corrected chi connectivity index (χ1v) is 9.94. The van der Waals surface area contributed by atoms with Gasteiger partial charge in [-0.2, -0.15) is 4.31 Å². The monoisotopic (exact) mass is 377 g/mol. The van der Waals surface area contributed by atoms with Crippen LogP contribution in [0, 0.1) is 0 Å². The molecule has 0 unspecified atom stereocenters. The zero-order chi connectivity index (χ0) is 18.4. The number of hydrogen-bond acceptors (Lipinski definition) is 6. The van der Waals surface area contributed by atoms with Crippen molar-refractivity contribution in [3.8, 4) is 5.75 Å². The van der Waals surface area contributed by atoms with Crippen LogP contribution >= 0.6 is 0 Å². The summed E-state index contributed by atoms with van der Waals surface area (Å²) in [6.45, 7) is 2.32. The number of anilines is 1. The van der Waals surface area contributed by atoms with E-state index < -0.39 is 10.0 Å². The van der Waals surface area contributed by atoms with Crippen LogP contribution in [0.1, 0.15) is 5.56 Å². The summed E-state index contributed by atoms with van der Waals surface area (Å²) >= 11 is 0. The van der Waals surface area contributed by atoms with Crippen molar-refractivity contribution < 1.29 is 17.9 Å². The van der Waals surface area contributed by atoms with E-state index in [1.807, 2.05) is 24.3 Å². The Labute approximate surface area is 154 Å². The third-order valence-electron chi connectivity index (χ3n) is 4.22. The normalized spacial score (nSPS) is 15.6. The summed E-state index contributed by atoms with van der Waals surface area (Å²) in [5, 5.41) is 3.21. The number of aromatic nitrogens is 1. The molecule has 0 radical (unpaired) electrons. The highest BCUT2D eigenvalue weighted by Crippen LogP contribution is 2.17. The molecule has 2 aromatic rings. The van der Waals surface area contributed by atoms with Crippen LogP contribution in [-0.4, -0.2) is 57.7 Å². The van der Waals surface area contributed by atoms with E-state index in [0.717, 1.165) is 12.2 Å². The molecular formula is C18H23N3O4S. The van der Waals surface area contributed by atoms with Crippen LogP contribution in [0.25, 0.3) is 0 Å². The largest absolute Gasteiger partial charge is 0.497 e. The van der Waals surface area contributed by atoms with Crippen LogP contribution in [0.4, 0.5) is 5.82 Å². The van der Waals surface area contributed by atoms with Gasteiger partial charge in [-0.25, -0.2) is 13.4 Å². The summed E-state index contributed by atoms with van der Waals surface area (Å²) < 4.78 is 36.9. The summed E-state index contributed by atoms with van der Waals surface area (Å²) in [7, 11) is -1.85. The second-order valence-electron chi connectivity index (χ2n) is 5.92. The number of benzene rings is 1. The topological polar surface area (TPSA) is 80.8 Å². The first kappa shape index (κ1) is 18.6.